The predicted octanol–water partition coefficient (Wildman–Crippen LogP) is 1.87. The van der Waals surface area contributed by atoms with E-state index in [9.17, 15) is 23.6 Å². The third-order valence-corrected chi connectivity index (χ3v) is 5.24. The largest absolute Gasteiger partial charge is 0.361 e. The number of hydrogen-bond acceptors (Lipinski definition) is 6. The van der Waals surface area contributed by atoms with Gasteiger partial charge in [-0.2, -0.15) is 0 Å². The summed E-state index contributed by atoms with van der Waals surface area (Å²) in [4.78, 5) is 56.3. The van der Waals surface area contributed by atoms with E-state index in [1.165, 1.54) is 13.0 Å². The molecule has 0 aliphatic heterocycles. The fraction of sp³-hybridized carbons (Fsp3) is 0.250. The molecule has 0 fully saturated rings. The van der Waals surface area contributed by atoms with Gasteiger partial charge in [0, 0.05) is 36.9 Å². The minimum absolute atomic E-state index is 0.0613. The van der Waals surface area contributed by atoms with E-state index < -0.39 is 41.4 Å². The highest BCUT2D eigenvalue weighted by atomic mass is 19.1. The van der Waals surface area contributed by atoms with Gasteiger partial charge in [0.05, 0.1) is 12.4 Å². The van der Waals surface area contributed by atoms with Crippen LogP contribution in [0.3, 0.4) is 0 Å². The molecule has 0 bridgehead atoms. The van der Waals surface area contributed by atoms with Crippen molar-refractivity contribution in [3.63, 3.8) is 0 Å². The van der Waals surface area contributed by atoms with Crippen LogP contribution in [0.15, 0.2) is 48.8 Å². The zero-order valence-corrected chi connectivity index (χ0v) is 18.9. The van der Waals surface area contributed by atoms with Gasteiger partial charge in [-0.1, -0.05) is 18.2 Å². The molecule has 0 unspecified atom stereocenters. The Morgan fingerprint density at radius 2 is 1.86 bits per heavy atom. The average molecular weight is 481 g/mol. The van der Waals surface area contributed by atoms with Gasteiger partial charge in [0.25, 0.3) is 0 Å². The molecule has 3 rings (SSSR count). The standard InChI is InChI=1S/C24H25FN6O4/c1-14(32)29-21(10-15-12-27-19-5-3-2-4-18(15)19)24(35)30-20(8-7-17(33)11-26)23(34)31-22-9-6-16(25)13-28-22/h2-6,9,11-13,20-21,26-27H,7-8,10H2,1H3,(H,29,32)(H,30,35)(H,28,31,34)/t20-,21-/m0/s1. The number of rotatable bonds is 11. The summed E-state index contributed by atoms with van der Waals surface area (Å²) in [6, 6.07) is 7.71. The number of aromatic nitrogens is 2. The predicted molar refractivity (Wildman–Crippen MR) is 127 cm³/mol. The van der Waals surface area contributed by atoms with Crippen molar-refractivity contribution >= 4 is 46.4 Å². The Labute approximate surface area is 200 Å². The maximum Gasteiger partial charge on any atom is 0.248 e. The summed E-state index contributed by atoms with van der Waals surface area (Å²) in [6.45, 7) is 1.28. The van der Waals surface area contributed by atoms with Crippen LogP contribution < -0.4 is 16.0 Å². The van der Waals surface area contributed by atoms with Gasteiger partial charge in [0.1, 0.15) is 23.7 Å². The lowest BCUT2D eigenvalue weighted by atomic mass is 10.0. The van der Waals surface area contributed by atoms with Crippen molar-refractivity contribution in [2.24, 2.45) is 0 Å². The van der Waals surface area contributed by atoms with Crippen LogP contribution in [0, 0.1) is 11.2 Å². The minimum Gasteiger partial charge on any atom is -0.361 e. The van der Waals surface area contributed by atoms with E-state index >= 15 is 0 Å². The molecule has 182 valence electrons. The van der Waals surface area contributed by atoms with Gasteiger partial charge in [-0.15, -0.1) is 0 Å². The fourth-order valence-corrected chi connectivity index (χ4v) is 3.54. The van der Waals surface area contributed by atoms with E-state index in [1.54, 1.807) is 6.20 Å². The van der Waals surface area contributed by atoms with Crippen molar-refractivity contribution in [1.82, 2.24) is 20.6 Å². The van der Waals surface area contributed by atoms with Crippen molar-refractivity contribution in [1.29, 1.82) is 5.41 Å². The molecule has 2 atom stereocenters. The molecule has 0 aliphatic carbocycles. The summed E-state index contributed by atoms with van der Waals surface area (Å²) in [5.74, 6) is -2.77. The minimum atomic E-state index is -1.17. The van der Waals surface area contributed by atoms with Gasteiger partial charge >= 0.3 is 0 Å². The summed E-state index contributed by atoms with van der Waals surface area (Å²) in [5.41, 5.74) is 1.67. The van der Waals surface area contributed by atoms with E-state index in [2.05, 4.69) is 25.9 Å². The Balaban J connectivity index is 1.78. The first-order chi connectivity index (χ1) is 16.8. The smallest absolute Gasteiger partial charge is 0.248 e. The summed E-state index contributed by atoms with van der Waals surface area (Å²) in [6.07, 6.45) is 3.21. The number of nitrogens with one attached hydrogen (secondary N) is 5. The Morgan fingerprint density at radius 1 is 1.09 bits per heavy atom. The summed E-state index contributed by atoms with van der Waals surface area (Å²) in [5, 5.41) is 15.6. The van der Waals surface area contributed by atoms with E-state index in [4.69, 9.17) is 5.41 Å². The Morgan fingerprint density at radius 3 is 2.54 bits per heavy atom. The number of aromatic amines is 1. The Bertz CT molecular complexity index is 1240. The maximum atomic E-state index is 13.2. The number of nitrogens with zero attached hydrogens (tertiary/aromatic N) is 1. The highest BCUT2D eigenvalue weighted by Gasteiger charge is 2.27. The van der Waals surface area contributed by atoms with Crippen molar-refractivity contribution in [2.75, 3.05) is 5.32 Å². The summed E-state index contributed by atoms with van der Waals surface area (Å²) in [7, 11) is 0. The normalized spacial score (nSPS) is 12.4. The SMILES string of the molecule is CC(=O)N[C@@H](Cc1c[nH]c2ccccc12)C(=O)N[C@@H](CCC(=O)C=N)C(=O)Nc1ccc(F)cn1. The van der Waals surface area contributed by atoms with E-state index in [0.717, 1.165) is 28.7 Å². The molecule has 0 saturated carbocycles. The molecule has 3 aromatic rings. The number of pyridine rings is 1. The molecule has 0 saturated heterocycles. The van der Waals surface area contributed by atoms with Crippen molar-refractivity contribution in [3.8, 4) is 0 Å². The van der Waals surface area contributed by atoms with E-state index in [0.29, 0.717) is 6.21 Å². The lowest BCUT2D eigenvalue weighted by Gasteiger charge is -2.22. The molecule has 35 heavy (non-hydrogen) atoms. The van der Waals surface area contributed by atoms with Gasteiger partial charge < -0.3 is 26.3 Å². The number of fused-ring (bicyclic) bond motifs is 1. The molecule has 0 radical (unpaired) electrons. The molecule has 2 aromatic heterocycles. The van der Waals surface area contributed by atoms with Crippen LogP contribution in [0.5, 0.6) is 0 Å². The zero-order chi connectivity index (χ0) is 25.4. The number of para-hydroxylation sites is 1. The van der Waals surface area contributed by atoms with Crippen molar-refractivity contribution in [2.45, 2.75) is 38.3 Å². The number of anilines is 1. The second-order valence-electron chi connectivity index (χ2n) is 7.88. The van der Waals surface area contributed by atoms with Crippen LogP contribution in [-0.4, -0.2) is 51.8 Å². The van der Waals surface area contributed by atoms with Gasteiger partial charge in [-0.25, -0.2) is 9.37 Å². The Kier molecular flexibility index (Phi) is 8.38. The Hall–Kier alpha value is -4.41. The maximum absolute atomic E-state index is 13.2. The number of carbonyl (C=O) groups excluding carboxylic acids is 4. The lowest BCUT2D eigenvalue weighted by Crippen LogP contribution is -2.53. The second kappa shape index (κ2) is 11.6. The van der Waals surface area contributed by atoms with Crippen molar-refractivity contribution in [3.05, 3.63) is 60.2 Å². The summed E-state index contributed by atoms with van der Waals surface area (Å²) < 4.78 is 13.1. The van der Waals surface area contributed by atoms with Gasteiger partial charge in [0.2, 0.25) is 17.7 Å². The van der Waals surface area contributed by atoms with E-state index in [-0.39, 0.29) is 25.1 Å². The number of H-pyrrole nitrogens is 1. The van der Waals surface area contributed by atoms with Gasteiger partial charge in [-0.3, -0.25) is 19.2 Å². The molecule has 11 heteroatoms. The molecule has 1 aromatic carbocycles. The van der Waals surface area contributed by atoms with Crippen LogP contribution in [-0.2, 0) is 25.6 Å². The first kappa shape index (κ1) is 25.2. The number of benzene rings is 1. The van der Waals surface area contributed by atoms with Crippen LogP contribution in [0.1, 0.15) is 25.3 Å². The molecule has 0 aliphatic rings. The first-order valence-electron chi connectivity index (χ1n) is 10.8. The molecule has 3 amide bonds. The number of hydrogen-bond donors (Lipinski definition) is 5. The monoisotopic (exact) mass is 480 g/mol. The zero-order valence-electron chi connectivity index (χ0n) is 18.9. The van der Waals surface area contributed by atoms with E-state index in [1.807, 2.05) is 24.3 Å². The topological polar surface area (TPSA) is 157 Å². The van der Waals surface area contributed by atoms with Crippen LogP contribution in [0.2, 0.25) is 0 Å². The molecular formula is C24H25FN6O4. The van der Waals surface area contributed by atoms with Crippen molar-refractivity contribution < 1.29 is 23.6 Å². The molecule has 2 heterocycles. The third-order valence-electron chi connectivity index (χ3n) is 5.24. The molecule has 0 spiro atoms. The highest BCUT2D eigenvalue weighted by molar-refractivity contribution is 6.26. The quantitative estimate of drug-likeness (QED) is 0.265. The molecular weight excluding hydrogens is 455 g/mol. The van der Waals surface area contributed by atoms with Crippen LogP contribution in [0.4, 0.5) is 10.2 Å². The number of ketones is 1. The summed E-state index contributed by atoms with van der Waals surface area (Å²) >= 11 is 0. The average Bonchev–Trinajstić information content (AvgIpc) is 3.24. The third kappa shape index (κ3) is 7.03. The molecule has 10 nitrogen and oxygen atoms in total. The number of Topliss-reactive ketones (excluding diaryl/α,β-unsaturated/α-hetero) is 1. The van der Waals surface area contributed by atoms with Gasteiger partial charge in [0.15, 0.2) is 5.78 Å². The number of carbonyl (C=O) groups is 4. The fourth-order valence-electron chi connectivity index (χ4n) is 3.54. The molecule has 5 N–H and O–H groups in total. The first-order valence-corrected chi connectivity index (χ1v) is 10.8. The number of amides is 3. The highest BCUT2D eigenvalue weighted by Crippen LogP contribution is 2.19. The van der Waals surface area contributed by atoms with Crippen LogP contribution in [0.25, 0.3) is 10.9 Å². The lowest BCUT2D eigenvalue weighted by molar-refractivity contribution is -0.130. The second-order valence-corrected chi connectivity index (χ2v) is 7.88. The number of halogens is 1. The van der Waals surface area contributed by atoms with Crippen LogP contribution >= 0.6 is 0 Å². The van der Waals surface area contributed by atoms with Gasteiger partial charge in [-0.05, 0) is 30.2 Å².